The normalized spacial score (nSPS) is 10.3. The van der Waals surface area contributed by atoms with Crippen molar-refractivity contribution in [3.8, 4) is 5.75 Å². The first kappa shape index (κ1) is 17.7. The number of nitrogens with one attached hydrogen (secondary N) is 2. The third-order valence-corrected chi connectivity index (χ3v) is 3.95. The fourth-order valence-corrected chi connectivity index (χ4v) is 2.49. The molecule has 1 amide bonds. The largest absolute Gasteiger partial charge is 0.495 e. The summed E-state index contributed by atoms with van der Waals surface area (Å²) in [6.07, 6.45) is 0. The molecule has 0 aliphatic rings. The number of ether oxygens (including phenoxy) is 1. The molecule has 0 fully saturated rings. The van der Waals surface area contributed by atoms with Crippen LogP contribution in [-0.2, 0) is 0 Å². The van der Waals surface area contributed by atoms with Gasteiger partial charge in [-0.2, -0.15) is 0 Å². The van der Waals surface area contributed by atoms with Gasteiger partial charge >= 0.3 is 0 Å². The lowest BCUT2D eigenvalue weighted by Gasteiger charge is -2.10. The van der Waals surface area contributed by atoms with Gasteiger partial charge in [-0.3, -0.25) is 4.79 Å². The second-order valence-electron chi connectivity index (χ2n) is 5.54. The quantitative estimate of drug-likeness (QED) is 0.696. The summed E-state index contributed by atoms with van der Waals surface area (Å²) in [5.41, 5.74) is 2.51. The second-order valence-corrected chi connectivity index (χ2v) is 5.98. The molecule has 0 atom stereocenters. The molecule has 26 heavy (non-hydrogen) atoms. The first-order valence-corrected chi connectivity index (χ1v) is 8.26. The molecule has 0 aliphatic carbocycles. The van der Waals surface area contributed by atoms with E-state index in [1.54, 1.807) is 31.4 Å². The van der Waals surface area contributed by atoms with Crippen molar-refractivity contribution in [1.29, 1.82) is 0 Å². The molecule has 7 heteroatoms. The predicted molar refractivity (Wildman–Crippen MR) is 102 cm³/mol. The molecular weight excluding hydrogens is 352 g/mol. The van der Waals surface area contributed by atoms with E-state index in [1.807, 2.05) is 37.3 Å². The highest BCUT2D eigenvalue weighted by Crippen LogP contribution is 2.26. The van der Waals surface area contributed by atoms with E-state index in [9.17, 15) is 4.79 Å². The molecule has 0 saturated carbocycles. The summed E-state index contributed by atoms with van der Waals surface area (Å²) in [4.78, 5) is 12.4. The number of anilines is 3. The number of para-hydroxylation sites is 2. The lowest BCUT2D eigenvalue weighted by atomic mass is 10.2. The van der Waals surface area contributed by atoms with Crippen molar-refractivity contribution in [3.63, 3.8) is 0 Å². The Hall–Kier alpha value is -3.12. The Balaban J connectivity index is 1.73. The van der Waals surface area contributed by atoms with Crippen LogP contribution in [0.1, 0.15) is 16.1 Å². The van der Waals surface area contributed by atoms with Gasteiger partial charge in [-0.25, -0.2) is 0 Å². The second kappa shape index (κ2) is 7.84. The van der Waals surface area contributed by atoms with Crippen LogP contribution in [0.5, 0.6) is 5.75 Å². The SMILES string of the molecule is COc1ccccc1Nc1ccc(C(=O)Nc2cc(Cl)ccc2C)nn1. The topological polar surface area (TPSA) is 76.1 Å². The number of rotatable bonds is 5. The monoisotopic (exact) mass is 368 g/mol. The van der Waals surface area contributed by atoms with E-state index in [0.29, 0.717) is 22.3 Å². The van der Waals surface area contributed by atoms with Crippen LogP contribution in [0.4, 0.5) is 17.2 Å². The number of hydrogen-bond donors (Lipinski definition) is 2. The van der Waals surface area contributed by atoms with Crippen LogP contribution in [0, 0.1) is 6.92 Å². The Morgan fingerprint density at radius 1 is 1.04 bits per heavy atom. The Morgan fingerprint density at radius 2 is 1.85 bits per heavy atom. The van der Waals surface area contributed by atoms with Gasteiger partial charge in [0.15, 0.2) is 11.5 Å². The summed E-state index contributed by atoms with van der Waals surface area (Å²) in [5, 5.41) is 14.5. The lowest BCUT2D eigenvalue weighted by Crippen LogP contribution is -2.15. The van der Waals surface area contributed by atoms with Crippen molar-refractivity contribution in [2.75, 3.05) is 17.7 Å². The number of aryl methyl sites for hydroxylation is 1. The summed E-state index contributed by atoms with van der Waals surface area (Å²) >= 11 is 5.97. The van der Waals surface area contributed by atoms with E-state index in [1.165, 1.54) is 0 Å². The molecular formula is C19H17ClN4O2. The van der Waals surface area contributed by atoms with Gasteiger partial charge < -0.3 is 15.4 Å². The van der Waals surface area contributed by atoms with Crippen LogP contribution < -0.4 is 15.4 Å². The zero-order valence-corrected chi connectivity index (χ0v) is 15.0. The minimum absolute atomic E-state index is 0.204. The maximum absolute atomic E-state index is 12.4. The minimum Gasteiger partial charge on any atom is -0.495 e. The maximum atomic E-state index is 12.4. The summed E-state index contributed by atoms with van der Waals surface area (Å²) < 4.78 is 5.28. The zero-order valence-electron chi connectivity index (χ0n) is 14.3. The van der Waals surface area contributed by atoms with Crippen molar-refractivity contribution in [3.05, 3.63) is 70.9 Å². The number of aromatic nitrogens is 2. The average Bonchev–Trinajstić information content (AvgIpc) is 2.65. The number of amides is 1. The molecule has 0 aliphatic heterocycles. The van der Waals surface area contributed by atoms with E-state index in [2.05, 4.69) is 20.8 Å². The van der Waals surface area contributed by atoms with E-state index >= 15 is 0 Å². The van der Waals surface area contributed by atoms with Crippen molar-refractivity contribution < 1.29 is 9.53 Å². The van der Waals surface area contributed by atoms with Crippen LogP contribution in [-0.4, -0.2) is 23.2 Å². The van der Waals surface area contributed by atoms with Gasteiger partial charge in [-0.05, 0) is 48.9 Å². The number of methoxy groups -OCH3 is 1. The van der Waals surface area contributed by atoms with Crippen molar-refractivity contribution in [2.45, 2.75) is 6.92 Å². The van der Waals surface area contributed by atoms with Gasteiger partial charge in [0.05, 0.1) is 12.8 Å². The van der Waals surface area contributed by atoms with Crippen molar-refractivity contribution in [2.24, 2.45) is 0 Å². The maximum Gasteiger partial charge on any atom is 0.276 e. The molecule has 0 radical (unpaired) electrons. The molecule has 0 bridgehead atoms. The number of nitrogens with zero attached hydrogens (tertiary/aromatic N) is 2. The van der Waals surface area contributed by atoms with Crippen LogP contribution in [0.15, 0.2) is 54.6 Å². The summed E-state index contributed by atoms with van der Waals surface area (Å²) in [6, 6.07) is 16.0. The average molecular weight is 369 g/mol. The number of carbonyl (C=O) groups excluding carboxylic acids is 1. The summed E-state index contributed by atoms with van der Waals surface area (Å²) in [5.74, 6) is 0.837. The number of benzene rings is 2. The molecule has 0 spiro atoms. The first-order valence-electron chi connectivity index (χ1n) is 7.88. The Labute approximate surface area is 156 Å². The molecule has 6 nitrogen and oxygen atoms in total. The van der Waals surface area contributed by atoms with Gasteiger partial charge in [-0.15, -0.1) is 10.2 Å². The standard InChI is InChI=1S/C19H17ClN4O2/c1-12-7-8-13(20)11-16(12)22-19(25)15-9-10-18(24-23-15)21-14-5-3-4-6-17(14)26-2/h3-11H,1-2H3,(H,21,24)(H,22,25). The van der Waals surface area contributed by atoms with Crippen LogP contribution in [0.3, 0.4) is 0 Å². The minimum atomic E-state index is -0.355. The zero-order chi connectivity index (χ0) is 18.5. The first-order chi connectivity index (χ1) is 12.6. The van der Waals surface area contributed by atoms with Gasteiger partial charge in [-0.1, -0.05) is 29.8 Å². The Bertz CT molecular complexity index is 929. The van der Waals surface area contributed by atoms with Gasteiger partial charge in [0.2, 0.25) is 0 Å². The van der Waals surface area contributed by atoms with Crippen molar-refractivity contribution in [1.82, 2.24) is 10.2 Å². The third kappa shape index (κ3) is 4.10. The van der Waals surface area contributed by atoms with E-state index in [4.69, 9.17) is 16.3 Å². The highest BCUT2D eigenvalue weighted by Gasteiger charge is 2.11. The van der Waals surface area contributed by atoms with Crippen LogP contribution >= 0.6 is 11.6 Å². The summed E-state index contributed by atoms with van der Waals surface area (Å²) in [6.45, 7) is 1.89. The van der Waals surface area contributed by atoms with Crippen LogP contribution in [0.2, 0.25) is 5.02 Å². The van der Waals surface area contributed by atoms with Gasteiger partial charge in [0.1, 0.15) is 5.75 Å². The van der Waals surface area contributed by atoms with Gasteiger partial charge in [0, 0.05) is 10.7 Å². The lowest BCUT2D eigenvalue weighted by molar-refractivity contribution is 0.102. The van der Waals surface area contributed by atoms with E-state index < -0.39 is 0 Å². The molecule has 1 aromatic heterocycles. The Morgan fingerprint density at radius 3 is 2.58 bits per heavy atom. The molecule has 3 rings (SSSR count). The van der Waals surface area contributed by atoms with Crippen molar-refractivity contribution >= 4 is 34.7 Å². The molecule has 1 heterocycles. The summed E-state index contributed by atoms with van der Waals surface area (Å²) in [7, 11) is 1.59. The highest BCUT2D eigenvalue weighted by atomic mass is 35.5. The molecule has 2 N–H and O–H groups in total. The van der Waals surface area contributed by atoms with E-state index in [0.717, 1.165) is 11.3 Å². The number of carbonyl (C=O) groups is 1. The molecule has 2 aromatic carbocycles. The fraction of sp³-hybridized carbons (Fsp3) is 0.105. The highest BCUT2D eigenvalue weighted by molar-refractivity contribution is 6.31. The molecule has 132 valence electrons. The smallest absolute Gasteiger partial charge is 0.276 e. The molecule has 0 unspecified atom stereocenters. The third-order valence-electron chi connectivity index (χ3n) is 3.71. The number of halogens is 1. The molecule has 0 saturated heterocycles. The van der Waals surface area contributed by atoms with Gasteiger partial charge in [0.25, 0.3) is 5.91 Å². The van der Waals surface area contributed by atoms with E-state index in [-0.39, 0.29) is 11.6 Å². The Kier molecular flexibility index (Phi) is 5.34. The predicted octanol–water partition coefficient (Wildman–Crippen LogP) is 4.44. The fourth-order valence-electron chi connectivity index (χ4n) is 2.32. The van der Waals surface area contributed by atoms with Crippen LogP contribution in [0.25, 0.3) is 0 Å². The molecule has 3 aromatic rings. The number of hydrogen-bond acceptors (Lipinski definition) is 5.